The Bertz CT molecular complexity index is 825. The summed E-state index contributed by atoms with van der Waals surface area (Å²) in [6.45, 7) is 1.25. The molecule has 0 aliphatic carbocycles. The first-order valence-electron chi connectivity index (χ1n) is 6.76. The molecule has 0 spiro atoms. The van der Waals surface area contributed by atoms with E-state index in [0.29, 0.717) is 28.0 Å². The van der Waals surface area contributed by atoms with Gasteiger partial charge in [0, 0.05) is 32.4 Å². The summed E-state index contributed by atoms with van der Waals surface area (Å²) in [5, 5.41) is 0.470. The van der Waals surface area contributed by atoms with E-state index in [1.165, 1.54) is 15.6 Å². The highest BCUT2D eigenvalue weighted by Gasteiger charge is 2.31. The van der Waals surface area contributed by atoms with Gasteiger partial charge in [-0.1, -0.05) is 11.6 Å². The molecule has 0 radical (unpaired) electrons. The van der Waals surface area contributed by atoms with Gasteiger partial charge in [-0.25, -0.2) is 8.42 Å². The number of thiophene rings is 1. The highest BCUT2D eigenvalue weighted by Crippen LogP contribution is 2.29. The van der Waals surface area contributed by atoms with Crippen molar-refractivity contribution >= 4 is 54.8 Å². The van der Waals surface area contributed by atoms with Crippen molar-refractivity contribution in [2.45, 2.75) is 4.21 Å². The molecule has 0 saturated carbocycles. The number of nitrogens with one attached hydrogen (secondary N) is 1. The predicted molar refractivity (Wildman–Crippen MR) is 92.5 cm³/mol. The van der Waals surface area contributed by atoms with Gasteiger partial charge in [-0.15, -0.1) is 11.3 Å². The topological polar surface area (TPSA) is 73.5 Å². The van der Waals surface area contributed by atoms with Crippen LogP contribution in [0, 0.1) is 0 Å². The van der Waals surface area contributed by atoms with Gasteiger partial charge in [-0.05, 0) is 34.1 Å². The standard InChI is InChI=1S/C13H13BrClN3O3S2/c14-11-1-2-12(22-11)23(20,21)18-5-3-17(4-6-18)13(19)10-7-9(15)8-16-10/h1-2,7-8,16H,3-6H2. The molecule has 1 aliphatic heterocycles. The Morgan fingerprint density at radius 2 is 1.96 bits per heavy atom. The summed E-state index contributed by atoms with van der Waals surface area (Å²) in [7, 11) is -3.50. The van der Waals surface area contributed by atoms with Crippen LogP contribution in [0.5, 0.6) is 0 Å². The molecule has 1 N–H and O–H groups in total. The molecule has 0 aromatic carbocycles. The minimum atomic E-state index is -3.50. The molecule has 10 heteroatoms. The molecule has 0 unspecified atom stereocenters. The van der Waals surface area contributed by atoms with E-state index < -0.39 is 10.0 Å². The zero-order chi connectivity index (χ0) is 16.6. The second kappa shape index (κ2) is 6.56. The summed E-state index contributed by atoms with van der Waals surface area (Å²) in [6, 6.07) is 4.87. The van der Waals surface area contributed by atoms with Crippen molar-refractivity contribution in [1.29, 1.82) is 0 Å². The Morgan fingerprint density at radius 3 is 2.48 bits per heavy atom. The maximum absolute atomic E-state index is 12.5. The number of hydrogen-bond donors (Lipinski definition) is 1. The molecule has 23 heavy (non-hydrogen) atoms. The Balaban J connectivity index is 1.67. The fourth-order valence-corrected chi connectivity index (χ4v) is 6.11. The maximum Gasteiger partial charge on any atom is 0.270 e. The lowest BCUT2D eigenvalue weighted by Gasteiger charge is -2.33. The number of aromatic amines is 1. The van der Waals surface area contributed by atoms with Crippen LogP contribution in [0.25, 0.3) is 0 Å². The van der Waals surface area contributed by atoms with Crippen molar-refractivity contribution in [2.24, 2.45) is 0 Å². The minimum absolute atomic E-state index is 0.173. The van der Waals surface area contributed by atoms with Crippen molar-refractivity contribution < 1.29 is 13.2 Å². The third kappa shape index (κ3) is 3.48. The monoisotopic (exact) mass is 437 g/mol. The first-order chi connectivity index (χ1) is 10.9. The SMILES string of the molecule is O=C(c1cc(Cl)c[nH]1)N1CCN(S(=O)(=O)c2ccc(Br)s2)CC1. The summed E-state index contributed by atoms with van der Waals surface area (Å²) in [6.07, 6.45) is 1.55. The average Bonchev–Trinajstić information content (AvgIpc) is 3.15. The lowest BCUT2D eigenvalue weighted by Crippen LogP contribution is -2.50. The van der Waals surface area contributed by atoms with Crippen LogP contribution in [0.15, 0.2) is 32.4 Å². The summed E-state index contributed by atoms with van der Waals surface area (Å²) < 4.78 is 27.6. The molecule has 0 bridgehead atoms. The fourth-order valence-electron chi connectivity index (χ4n) is 2.36. The Hall–Kier alpha value is -0.870. The van der Waals surface area contributed by atoms with Gasteiger partial charge in [-0.3, -0.25) is 4.79 Å². The van der Waals surface area contributed by atoms with Gasteiger partial charge in [0.2, 0.25) is 0 Å². The molecule has 2 aromatic heterocycles. The molecule has 124 valence electrons. The van der Waals surface area contributed by atoms with Crippen LogP contribution in [-0.2, 0) is 10.0 Å². The Morgan fingerprint density at radius 1 is 1.26 bits per heavy atom. The van der Waals surface area contributed by atoms with E-state index in [0.717, 1.165) is 3.79 Å². The van der Waals surface area contributed by atoms with Crippen molar-refractivity contribution in [3.05, 3.63) is 38.9 Å². The van der Waals surface area contributed by atoms with Crippen LogP contribution >= 0.6 is 38.9 Å². The molecular formula is C13H13BrClN3O3S2. The first-order valence-corrected chi connectivity index (χ1v) is 10.2. The zero-order valence-corrected chi connectivity index (χ0v) is 15.8. The van der Waals surface area contributed by atoms with Gasteiger partial charge >= 0.3 is 0 Å². The van der Waals surface area contributed by atoms with E-state index >= 15 is 0 Å². The highest BCUT2D eigenvalue weighted by atomic mass is 79.9. The molecule has 1 amide bonds. The van der Waals surface area contributed by atoms with E-state index in [9.17, 15) is 13.2 Å². The molecular weight excluding hydrogens is 426 g/mol. The zero-order valence-electron chi connectivity index (χ0n) is 11.8. The normalized spacial score (nSPS) is 16.7. The quantitative estimate of drug-likeness (QED) is 0.800. The number of rotatable bonds is 3. The number of halogens is 2. The van der Waals surface area contributed by atoms with Crippen LogP contribution in [0.1, 0.15) is 10.5 Å². The number of hydrogen-bond acceptors (Lipinski definition) is 4. The van der Waals surface area contributed by atoms with Gasteiger partial charge < -0.3 is 9.88 Å². The number of aromatic nitrogens is 1. The third-order valence-electron chi connectivity index (χ3n) is 3.55. The van der Waals surface area contributed by atoms with Gasteiger partial charge in [0.1, 0.15) is 9.90 Å². The van der Waals surface area contributed by atoms with E-state index in [1.54, 1.807) is 29.3 Å². The Labute approximate surface area is 151 Å². The minimum Gasteiger partial charge on any atom is -0.356 e. The molecule has 0 atom stereocenters. The van der Waals surface area contributed by atoms with Gasteiger partial charge in [-0.2, -0.15) is 4.31 Å². The lowest BCUT2D eigenvalue weighted by atomic mass is 10.3. The molecule has 1 fully saturated rings. The summed E-state index contributed by atoms with van der Waals surface area (Å²) in [5.74, 6) is -0.173. The smallest absolute Gasteiger partial charge is 0.270 e. The number of carbonyl (C=O) groups excluding carboxylic acids is 1. The molecule has 1 saturated heterocycles. The second-order valence-electron chi connectivity index (χ2n) is 4.99. The Kier molecular flexibility index (Phi) is 4.84. The van der Waals surface area contributed by atoms with Crippen molar-refractivity contribution in [3.8, 4) is 0 Å². The maximum atomic E-state index is 12.5. The molecule has 2 aromatic rings. The predicted octanol–water partition coefficient (Wildman–Crippen LogP) is 2.64. The number of amides is 1. The van der Waals surface area contributed by atoms with Crippen molar-refractivity contribution in [2.75, 3.05) is 26.2 Å². The van der Waals surface area contributed by atoms with Crippen molar-refractivity contribution in [1.82, 2.24) is 14.2 Å². The van der Waals surface area contributed by atoms with E-state index in [2.05, 4.69) is 20.9 Å². The van der Waals surface area contributed by atoms with Crippen LogP contribution in [0.4, 0.5) is 0 Å². The third-order valence-corrected chi connectivity index (χ3v) is 7.75. The van der Waals surface area contributed by atoms with Gasteiger partial charge in [0.05, 0.1) is 8.81 Å². The molecule has 6 nitrogen and oxygen atoms in total. The lowest BCUT2D eigenvalue weighted by molar-refractivity contribution is 0.0693. The van der Waals surface area contributed by atoms with E-state index in [1.807, 2.05) is 0 Å². The highest BCUT2D eigenvalue weighted by molar-refractivity contribution is 9.11. The van der Waals surface area contributed by atoms with Gasteiger partial charge in [0.25, 0.3) is 15.9 Å². The fraction of sp³-hybridized carbons (Fsp3) is 0.308. The van der Waals surface area contributed by atoms with E-state index in [4.69, 9.17) is 11.6 Å². The van der Waals surface area contributed by atoms with Crippen LogP contribution in [0.3, 0.4) is 0 Å². The summed E-state index contributed by atoms with van der Waals surface area (Å²) >= 11 is 10.3. The van der Waals surface area contributed by atoms with E-state index in [-0.39, 0.29) is 19.0 Å². The molecule has 1 aliphatic rings. The largest absolute Gasteiger partial charge is 0.356 e. The second-order valence-corrected chi connectivity index (χ2v) is 10.1. The van der Waals surface area contributed by atoms with Gasteiger partial charge in [0.15, 0.2) is 0 Å². The number of sulfonamides is 1. The number of carbonyl (C=O) groups is 1. The van der Waals surface area contributed by atoms with Crippen LogP contribution < -0.4 is 0 Å². The summed E-state index contributed by atoms with van der Waals surface area (Å²) in [5.41, 5.74) is 0.411. The summed E-state index contributed by atoms with van der Waals surface area (Å²) in [4.78, 5) is 16.7. The van der Waals surface area contributed by atoms with Crippen molar-refractivity contribution in [3.63, 3.8) is 0 Å². The average molecular weight is 439 g/mol. The van der Waals surface area contributed by atoms with Crippen LogP contribution in [-0.4, -0.2) is 54.7 Å². The molecule has 3 heterocycles. The number of nitrogens with zero attached hydrogens (tertiary/aromatic N) is 2. The number of H-pyrrole nitrogens is 1. The number of piperazine rings is 1. The first kappa shape index (κ1) is 17.0. The molecule has 3 rings (SSSR count). The van der Waals surface area contributed by atoms with Crippen LogP contribution in [0.2, 0.25) is 5.02 Å².